The second-order valence-corrected chi connectivity index (χ2v) is 7.77. The van der Waals surface area contributed by atoms with E-state index in [2.05, 4.69) is 0 Å². The summed E-state index contributed by atoms with van der Waals surface area (Å²) in [6.45, 7) is 0. The predicted octanol–water partition coefficient (Wildman–Crippen LogP) is 5.22. The van der Waals surface area contributed by atoms with E-state index in [9.17, 15) is 22.8 Å². The van der Waals surface area contributed by atoms with E-state index in [1.807, 2.05) is 0 Å². The lowest BCUT2D eigenvalue weighted by Crippen LogP contribution is -2.27. The second-order valence-electron chi connectivity index (χ2n) is 6.09. The van der Waals surface area contributed by atoms with Crippen LogP contribution >= 0.6 is 24.0 Å². The molecule has 146 valence electrons. The van der Waals surface area contributed by atoms with E-state index in [4.69, 9.17) is 16.6 Å². The summed E-state index contributed by atoms with van der Waals surface area (Å²) in [5.41, 5.74) is -0.952. The fraction of sp³-hybridized carbons (Fsp3) is 0.0500. The van der Waals surface area contributed by atoms with Crippen molar-refractivity contribution >= 4 is 56.9 Å². The van der Waals surface area contributed by atoms with Crippen LogP contribution in [-0.2, 0) is 11.0 Å². The largest absolute Gasteiger partial charge is 0.422 e. The average Bonchev–Trinajstić information content (AvgIpc) is 2.95. The van der Waals surface area contributed by atoms with Gasteiger partial charge in [0.25, 0.3) is 5.91 Å². The first kappa shape index (κ1) is 19.4. The van der Waals surface area contributed by atoms with Gasteiger partial charge in [0.05, 0.1) is 21.7 Å². The molecule has 2 aromatic carbocycles. The Bertz CT molecular complexity index is 1250. The summed E-state index contributed by atoms with van der Waals surface area (Å²) in [5, 5.41) is 0.673. The number of thiocarbonyl (C=S) groups is 1. The molecule has 4 nitrogen and oxygen atoms in total. The van der Waals surface area contributed by atoms with Crippen LogP contribution in [0.4, 0.5) is 18.9 Å². The molecule has 1 saturated heterocycles. The molecule has 0 radical (unpaired) electrons. The molecule has 0 atom stereocenters. The number of para-hydroxylation sites is 1. The minimum atomic E-state index is -4.55. The number of amides is 1. The number of nitrogens with zero attached hydrogens (tertiary/aromatic N) is 1. The summed E-state index contributed by atoms with van der Waals surface area (Å²) < 4.78 is 44.3. The van der Waals surface area contributed by atoms with Gasteiger partial charge in [0.2, 0.25) is 0 Å². The minimum Gasteiger partial charge on any atom is -0.422 e. The number of fused-ring (bicyclic) bond motifs is 1. The Morgan fingerprint density at radius 2 is 1.79 bits per heavy atom. The highest BCUT2D eigenvalue weighted by molar-refractivity contribution is 8.27. The molecule has 1 fully saturated rings. The molecule has 3 aromatic rings. The van der Waals surface area contributed by atoms with Crippen LogP contribution in [0.15, 0.2) is 68.7 Å². The van der Waals surface area contributed by atoms with Gasteiger partial charge in [-0.3, -0.25) is 9.69 Å². The van der Waals surface area contributed by atoms with Crippen LogP contribution in [0.25, 0.3) is 17.0 Å². The van der Waals surface area contributed by atoms with Crippen LogP contribution in [0.5, 0.6) is 0 Å². The Labute approximate surface area is 171 Å². The quantitative estimate of drug-likeness (QED) is 0.315. The maximum absolute atomic E-state index is 13.0. The average molecular weight is 433 g/mol. The number of rotatable bonds is 2. The summed E-state index contributed by atoms with van der Waals surface area (Å²) in [6.07, 6.45) is -3.21. The van der Waals surface area contributed by atoms with Crippen LogP contribution < -0.4 is 10.5 Å². The van der Waals surface area contributed by atoms with Crippen molar-refractivity contribution in [3.8, 4) is 0 Å². The fourth-order valence-electron chi connectivity index (χ4n) is 2.83. The topological polar surface area (TPSA) is 50.5 Å². The monoisotopic (exact) mass is 433 g/mol. The van der Waals surface area contributed by atoms with Gasteiger partial charge in [-0.25, -0.2) is 4.79 Å². The van der Waals surface area contributed by atoms with E-state index < -0.39 is 23.3 Å². The number of carbonyl (C=O) groups is 1. The molecule has 9 heteroatoms. The summed E-state index contributed by atoms with van der Waals surface area (Å²) in [4.78, 5) is 26.1. The standard InChI is InChI=1S/C20H10F3NO3S2/c21-20(22,23)13-5-3-6-14(10-13)24-17(25)16(29-19(24)28)9-12-8-11-4-1-2-7-15(11)27-18(12)26/h1-10H/b16-9-. The third-order valence-electron chi connectivity index (χ3n) is 4.18. The highest BCUT2D eigenvalue weighted by atomic mass is 32.2. The molecule has 1 aromatic heterocycles. The van der Waals surface area contributed by atoms with E-state index in [1.165, 1.54) is 18.2 Å². The molecule has 0 bridgehead atoms. The van der Waals surface area contributed by atoms with Crippen molar-refractivity contribution in [1.29, 1.82) is 0 Å². The minimum absolute atomic E-state index is 0.0104. The number of hydrogen-bond donors (Lipinski definition) is 0. The zero-order chi connectivity index (χ0) is 20.8. The van der Waals surface area contributed by atoms with Crippen molar-refractivity contribution in [2.24, 2.45) is 0 Å². The highest BCUT2D eigenvalue weighted by Crippen LogP contribution is 2.38. The molecule has 2 heterocycles. The van der Waals surface area contributed by atoms with Gasteiger partial charge in [-0.2, -0.15) is 13.2 Å². The van der Waals surface area contributed by atoms with Crippen LogP contribution in [0.3, 0.4) is 0 Å². The van der Waals surface area contributed by atoms with Crippen LogP contribution in [0.1, 0.15) is 11.1 Å². The number of halogens is 3. The molecule has 1 amide bonds. The molecule has 29 heavy (non-hydrogen) atoms. The SMILES string of the molecule is O=C1/C(=C/c2cc3ccccc3oc2=O)SC(=S)N1c1cccc(C(F)(F)F)c1. The number of anilines is 1. The van der Waals surface area contributed by atoms with Crippen molar-refractivity contribution in [2.45, 2.75) is 6.18 Å². The number of thioether (sulfide) groups is 1. The molecule has 1 aliphatic heterocycles. The summed E-state index contributed by atoms with van der Waals surface area (Å²) in [6, 6.07) is 12.8. The summed E-state index contributed by atoms with van der Waals surface area (Å²) >= 11 is 6.09. The molecule has 0 aliphatic carbocycles. The maximum Gasteiger partial charge on any atom is 0.416 e. The van der Waals surface area contributed by atoms with Gasteiger partial charge in [-0.05, 0) is 36.4 Å². The van der Waals surface area contributed by atoms with E-state index >= 15 is 0 Å². The number of carbonyl (C=O) groups excluding carboxylic acids is 1. The first-order chi connectivity index (χ1) is 13.7. The molecule has 4 rings (SSSR count). The van der Waals surface area contributed by atoms with Crippen molar-refractivity contribution in [2.75, 3.05) is 4.90 Å². The lowest BCUT2D eigenvalue weighted by atomic mass is 10.1. The molecular formula is C20H10F3NO3S2. The third kappa shape index (κ3) is 3.70. The van der Waals surface area contributed by atoms with Crippen LogP contribution in [-0.4, -0.2) is 10.2 Å². The highest BCUT2D eigenvalue weighted by Gasteiger charge is 2.36. The zero-order valence-electron chi connectivity index (χ0n) is 14.4. The Morgan fingerprint density at radius 1 is 1.03 bits per heavy atom. The van der Waals surface area contributed by atoms with Crippen molar-refractivity contribution in [3.05, 3.63) is 81.0 Å². The van der Waals surface area contributed by atoms with Crippen molar-refractivity contribution in [1.82, 2.24) is 0 Å². The lowest BCUT2D eigenvalue weighted by molar-refractivity contribution is -0.137. The molecular weight excluding hydrogens is 423 g/mol. The van der Waals surface area contributed by atoms with E-state index in [0.717, 1.165) is 28.8 Å². The van der Waals surface area contributed by atoms with Gasteiger partial charge in [0, 0.05) is 5.39 Å². The molecule has 0 spiro atoms. The first-order valence-corrected chi connectivity index (χ1v) is 9.44. The van der Waals surface area contributed by atoms with E-state index in [-0.39, 0.29) is 20.5 Å². The summed E-state index contributed by atoms with van der Waals surface area (Å²) in [7, 11) is 0. The van der Waals surface area contributed by atoms with E-state index in [0.29, 0.717) is 11.0 Å². The lowest BCUT2D eigenvalue weighted by Gasteiger charge is -2.16. The van der Waals surface area contributed by atoms with Crippen LogP contribution in [0, 0.1) is 0 Å². The van der Waals surface area contributed by atoms with Crippen molar-refractivity contribution < 1.29 is 22.4 Å². The van der Waals surface area contributed by atoms with Gasteiger partial charge >= 0.3 is 11.8 Å². The smallest absolute Gasteiger partial charge is 0.416 e. The van der Waals surface area contributed by atoms with Gasteiger partial charge in [0.15, 0.2) is 4.32 Å². The van der Waals surface area contributed by atoms with Gasteiger partial charge in [-0.1, -0.05) is 48.2 Å². The molecule has 1 aliphatic rings. The third-order valence-corrected chi connectivity index (χ3v) is 5.48. The fourth-order valence-corrected chi connectivity index (χ4v) is 4.12. The van der Waals surface area contributed by atoms with Crippen molar-refractivity contribution in [3.63, 3.8) is 0 Å². The Hall–Kier alpha value is -2.91. The Kier molecular flexibility index (Phi) is 4.79. The normalized spacial score (nSPS) is 16.2. The Morgan fingerprint density at radius 3 is 2.55 bits per heavy atom. The van der Waals surface area contributed by atoms with Crippen LogP contribution in [0.2, 0.25) is 0 Å². The molecule has 0 unspecified atom stereocenters. The van der Waals surface area contributed by atoms with E-state index in [1.54, 1.807) is 30.3 Å². The number of benzene rings is 2. The molecule has 0 N–H and O–H groups in total. The second kappa shape index (κ2) is 7.16. The van der Waals surface area contributed by atoms with Gasteiger partial charge in [-0.15, -0.1) is 0 Å². The zero-order valence-corrected chi connectivity index (χ0v) is 16.0. The molecule has 0 saturated carbocycles. The van der Waals surface area contributed by atoms with Gasteiger partial charge < -0.3 is 4.42 Å². The predicted molar refractivity (Wildman–Crippen MR) is 110 cm³/mol. The maximum atomic E-state index is 13.0. The van der Waals surface area contributed by atoms with Gasteiger partial charge in [0.1, 0.15) is 5.58 Å². The summed E-state index contributed by atoms with van der Waals surface area (Å²) in [5.74, 6) is -0.605. The Balaban J connectivity index is 1.72. The number of alkyl halides is 3. The number of hydrogen-bond acceptors (Lipinski definition) is 5. The first-order valence-electron chi connectivity index (χ1n) is 8.22.